The zero-order valence-corrected chi connectivity index (χ0v) is 9.89. The van der Waals surface area contributed by atoms with Crippen LogP contribution in [0.4, 0.5) is 0 Å². The lowest BCUT2D eigenvalue weighted by molar-refractivity contribution is 0.0995. The number of para-hydroxylation sites is 1. The van der Waals surface area contributed by atoms with Crippen LogP contribution in [0.3, 0.4) is 0 Å². The zero-order valence-electron chi connectivity index (χ0n) is 8.30. The van der Waals surface area contributed by atoms with Crippen LogP contribution in [0.1, 0.15) is 10.4 Å². The molecule has 0 aliphatic rings. The fourth-order valence-corrected chi connectivity index (χ4v) is 2.08. The molecule has 0 amide bonds. The van der Waals surface area contributed by atoms with E-state index in [9.17, 15) is 4.79 Å². The van der Waals surface area contributed by atoms with Crippen LogP contribution in [-0.2, 0) is 0 Å². The second-order valence-corrected chi connectivity index (χ2v) is 4.17. The number of hydrogen-bond donors (Lipinski definition) is 2. The largest absolute Gasteiger partial charge is 0.360 e. The molecule has 3 nitrogen and oxygen atoms in total. The molecule has 0 spiro atoms. The maximum Gasteiger partial charge on any atom is 0.178 e. The Morgan fingerprint density at radius 1 is 1.53 bits per heavy atom. The third kappa shape index (κ3) is 1.82. The van der Waals surface area contributed by atoms with Crippen molar-refractivity contribution < 1.29 is 4.79 Å². The number of H-pyrrole nitrogens is 1. The van der Waals surface area contributed by atoms with Crippen molar-refractivity contribution in [2.75, 3.05) is 13.6 Å². The molecule has 0 aliphatic heterocycles. The van der Waals surface area contributed by atoms with Crippen LogP contribution < -0.4 is 5.32 Å². The van der Waals surface area contributed by atoms with E-state index in [-0.39, 0.29) is 5.78 Å². The third-order valence-corrected chi connectivity index (χ3v) is 2.96. The van der Waals surface area contributed by atoms with E-state index in [1.807, 2.05) is 18.2 Å². The minimum Gasteiger partial charge on any atom is -0.360 e. The van der Waals surface area contributed by atoms with Crippen molar-refractivity contribution in [3.05, 3.63) is 34.4 Å². The fourth-order valence-electron chi connectivity index (χ4n) is 1.60. The normalized spacial score (nSPS) is 10.8. The van der Waals surface area contributed by atoms with Crippen LogP contribution in [0, 0.1) is 0 Å². The number of aromatic nitrogens is 1. The monoisotopic (exact) mass is 266 g/mol. The maximum absolute atomic E-state index is 11.7. The molecule has 2 rings (SSSR count). The summed E-state index contributed by atoms with van der Waals surface area (Å²) in [6, 6.07) is 5.82. The van der Waals surface area contributed by atoms with Gasteiger partial charge in [-0.25, -0.2) is 0 Å². The Morgan fingerprint density at radius 2 is 2.33 bits per heavy atom. The lowest BCUT2D eigenvalue weighted by Crippen LogP contribution is -2.18. The number of rotatable bonds is 3. The first-order valence-corrected chi connectivity index (χ1v) is 5.46. The number of ketones is 1. The molecule has 2 aromatic rings. The van der Waals surface area contributed by atoms with Crippen LogP contribution in [0.25, 0.3) is 10.9 Å². The number of aromatic amines is 1. The molecule has 1 aromatic carbocycles. The number of benzene rings is 1. The first-order chi connectivity index (χ1) is 7.24. The average Bonchev–Trinajstić information content (AvgIpc) is 2.63. The number of hydrogen-bond acceptors (Lipinski definition) is 2. The molecular weight excluding hydrogens is 256 g/mol. The van der Waals surface area contributed by atoms with Gasteiger partial charge in [-0.3, -0.25) is 4.79 Å². The maximum atomic E-state index is 11.7. The smallest absolute Gasteiger partial charge is 0.178 e. The number of nitrogens with one attached hydrogen (secondary N) is 2. The Balaban J connectivity index is 2.54. The van der Waals surface area contributed by atoms with Gasteiger partial charge in [0.25, 0.3) is 0 Å². The van der Waals surface area contributed by atoms with Gasteiger partial charge in [0.2, 0.25) is 0 Å². The highest BCUT2D eigenvalue weighted by molar-refractivity contribution is 9.10. The van der Waals surface area contributed by atoms with Gasteiger partial charge in [-0.15, -0.1) is 0 Å². The second kappa shape index (κ2) is 4.16. The molecule has 0 radical (unpaired) electrons. The van der Waals surface area contributed by atoms with Crippen LogP contribution >= 0.6 is 15.9 Å². The summed E-state index contributed by atoms with van der Waals surface area (Å²) in [6.45, 7) is 0.361. The van der Waals surface area contributed by atoms with E-state index in [1.54, 1.807) is 13.2 Å². The van der Waals surface area contributed by atoms with Gasteiger partial charge in [0, 0.05) is 21.6 Å². The van der Waals surface area contributed by atoms with E-state index < -0.39 is 0 Å². The number of halogens is 1. The van der Waals surface area contributed by atoms with E-state index in [0.29, 0.717) is 6.54 Å². The van der Waals surface area contributed by atoms with Crippen molar-refractivity contribution in [2.45, 2.75) is 0 Å². The number of Topliss-reactive ketones (excluding diaryl/α,β-unsaturated/α-hetero) is 1. The van der Waals surface area contributed by atoms with Gasteiger partial charge in [-0.1, -0.05) is 12.1 Å². The molecule has 15 heavy (non-hydrogen) atoms. The Hall–Kier alpha value is -1.13. The molecule has 0 aliphatic carbocycles. The van der Waals surface area contributed by atoms with Crippen LogP contribution in [0.15, 0.2) is 28.9 Å². The summed E-state index contributed by atoms with van der Waals surface area (Å²) in [4.78, 5) is 14.8. The summed E-state index contributed by atoms with van der Waals surface area (Å²) in [5.41, 5.74) is 1.71. The van der Waals surface area contributed by atoms with Gasteiger partial charge in [0.1, 0.15) is 0 Å². The first kappa shape index (κ1) is 10.4. The summed E-state index contributed by atoms with van der Waals surface area (Å²) in [6.07, 6.45) is 1.76. The Kier molecular flexibility index (Phi) is 2.88. The molecule has 2 N–H and O–H groups in total. The zero-order chi connectivity index (χ0) is 10.8. The predicted molar refractivity (Wildman–Crippen MR) is 64.3 cm³/mol. The average molecular weight is 267 g/mol. The predicted octanol–water partition coefficient (Wildman–Crippen LogP) is 2.33. The molecule has 1 heterocycles. The van der Waals surface area contributed by atoms with E-state index >= 15 is 0 Å². The summed E-state index contributed by atoms with van der Waals surface area (Å²) in [7, 11) is 1.77. The van der Waals surface area contributed by atoms with Crippen molar-refractivity contribution in [3.63, 3.8) is 0 Å². The summed E-state index contributed by atoms with van der Waals surface area (Å²) in [5, 5.41) is 3.82. The van der Waals surface area contributed by atoms with Gasteiger partial charge in [0.05, 0.1) is 12.1 Å². The van der Waals surface area contributed by atoms with Gasteiger partial charge >= 0.3 is 0 Å². The van der Waals surface area contributed by atoms with Gasteiger partial charge < -0.3 is 10.3 Å². The number of likely N-dealkylation sites (N-methyl/N-ethyl adjacent to an activating group) is 1. The molecule has 0 bridgehead atoms. The Morgan fingerprint density at radius 3 is 3.07 bits per heavy atom. The molecule has 0 fully saturated rings. The van der Waals surface area contributed by atoms with Gasteiger partial charge in [0.15, 0.2) is 5.78 Å². The molecule has 1 aromatic heterocycles. The number of carbonyl (C=O) groups excluding carboxylic acids is 1. The molecule has 0 atom stereocenters. The minimum absolute atomic E-state index is 0.0989. The van der Waals surface area contributed by atoms with Crippen molar-refractivity contribution in [2.24, 2.45) is 0 Å². The van der Waals surface area contributed by atoms with E-state index in [2.05, 4.69) is 26.2 Å². The second-order valence-electron chi connectivity index (χ2n) is 3.32. The summed E-state index contributed by atoms with van der Waals surface area (Å²) >= 11 is 3.44. The highest BCUT2D eigenvalue weighted by Crippen LogP contribution is 2.25. The molecule has 0 saturated heterocycles. The molecule has 4 heteroatoms. The standard InChI is InChI=1S/C11H11BrN2O/c1-13-6-10(15)8-5-14-11-7(8)3-2-4-9(11)12/h2-5,13-14H,6H2,1H3. The van der Waals surface area contributed by atoms with Crippen LogP contribution in [0.2, 0.25) is 0 Å². The first-order valence-electron chi connectivity index (χ1n) is 4.67. The lowest BCUT2D eigenvalue weighted by atomic mass is 10.1. The lowest BCUT2D eigenvalue weighted by Gasteiger charge is -1.98. The fraction of sp³-hybridized carbons (Fsp3) is 0.182. The number of fused-ring (bicyclic) bond motifs is 1. The van der Waals surface area contributed by atoms with Gasteiger partial charge in [-0.05, 0) is 29.0 Å². The van der Waals surface area contributed by atoms with Crippen LogP contribution in [0.5, 0.6) is 0 Å². The molecule has 0 saturated carbocycles. The topological polar surface area (TPSA) is 44.9 Å². The van der Waals surface area contributed by atoms with Crippen molar-refractivity contribution >= 4 is 32.6 Å². The minimum atomic E-state index is 0.0989. The molecular formula is C11H11BrN2O. The highest BCUT2D eigenvalue weighted by Gasteiger charge is 2.11. The van der Waals surface area contributed by atoms with E-state index in [0.717, 1.165) is 20.9 Å². The Labute approximate surface area is 96.0 Å². The Bertz CT molecular complexity index is 504. The third-order valence-electron chi connectivity index (χ3n) is 2.30. The summed E-state index contributed by atoms with van der Waals surface area (Å²) < 4.78 is 0.975. The van der Waals surface area contributed by atoms with Crippen molar-refractivity contribution in [3.8, 4) is 0 Å². The SMILES string of the molecule is CNCC(=O)c1c[nH]c2c(Br)cccc12. The highest BCUT2D eigenvalue weighted by atomic mass is 79.9. The molecule has 78 valence electrons. The van der Waals surface area contributed by atoms with Crippen molar-refractivity contribution in [1.29, 1.82) is 0 Å². The van der Waals surface area contributed by atoms with Crippen LogP contribution in [-0.4, -0.2) is 24.4 Å². The van der Waals surface area contributed by atoms with E-state index in [1.165, 1.54) is 0 Å². The van der Waals surface area contributed by atoms with Gasteiger partial charge in [-0.2, -0.15) is 0 Å². The summed E-state index contributed by atoms with van der Waals surface area (Å²) in [5.74, 6) is 0.0989. The molecule has 0 unspecified atom stereocenters. The number of carbonyl (C=O) groups is 1. The van der Waals surface area contributed by atoms with E-state index in [4.69, 9.17) is 0 Å². The quantitative estimate of drug-likeness (QED) is 0.838. The van der Waals surface area contributed by atoms with Crippen molar-refractivity contribution in [1.82, 2.24) is 10.3 Å².